The van der Waals surface area contributed by atoms with Gasteiger partial charge in [-0.1, -0.05) is 0 Å². The lowest BCUT2D eigenvalue weighted by Gasteiger charge is -2.06. The van der Waals surface area contributed by atoms with Gasteiger partial charge < -0.3 is 15.2 Å². The number of carbonyl (C=O) groups is 1. The average molecular weight is 281 g/mol. The molecule has 1 aliphatic rings. The van der Waals surface area contributed by atoms with Crippen LogP contribution in [0.5, 0.6) is 5.75 Å². The number of thioether (sulfide) groups is 1. The number of fused-ring (bicyclic) bond motifs is 1. The molecule has 0 bridgehead atoms. The first-order valence-electron chi connectivity index (χ1n) is 6.54. The molecule has 2 rings (SSSR count). The molecule has 19 heavy (non-hydrogen) atoms. The van der Waals surface area contributed by atoms with Crippen molar-refractivity contribution in [1.29, 1.82) is 0 Å². The summed E-state index contributed by atoms with van der Waals surface area (Å²) >= 11 is 1.74. The van der Waals surface area contributed by atoms with E-state index < -0.39 is 0 Å². The number of hydrogen-bond donors (Lipinski definition) is 2. The van der Waals surface area contributed by atoms with Gasteiger partial charge in [0.2, 0.25) is 0 Å². The van der Waals surface area contributed by atoms with E-state index in [4.69, 9.17) is 9.84 Å². The first-order chi connectivity index (χ1) is 9.31. The van der Waals surface area contributed by atoms with Gasteiger partial charge in [0.25, 0.3) is 5.91 Å². The summed E-state index contributed by atoms with van der Waals surface area (Å²) in [5.74, 6) is 2.68. The summed E-state index contributed by atoms with van der Waals surface area (Å²) in [7, 11) is 0. The van der Waals surface area contributed by atoms with Gasteiger partial charge in [0, 0.05) is 30.9 Å². The lowest BCUT2D eigenvalue weighted by molar-refractivity contribution is 0.0956. The molecule has 1 aromatic rings. The first-order valence-corrected chi connectivity index (χ1v) is 7.69. The molecule has 1 amide bonds. The van der Waals surface area contributed by atoms with Crippen molar-refractivity contribution in [3.05, 3.63) is 29.3 Å². The molecule has 104 valence electrons. The Balaban J connectivity index is 1.74. The van der Waals surface area contributed by atoms with E-state index in [0.717, 1.165) is 35.7 Å². The fourth-order valence-corrected chi connectivity index (χ4v) is 2.72. The number of carbonyl (C=O) groups excluding carboxylic acids is 1. The number of nitrogens with one attached hydrogen (secondary N) is 1. The molecule has 0 spiro atoms. The van der Waals surface area contributed by atoms with E-state index >= 15 is 0 Å². The Kier molecular flexibility index (Phi) is 5.54. The maximum Gasteiger partial charge on any atom is 0.251 e. The minimum absolute atomic E-state index is 0.0301. The highest BCUT2D eigenvalue weighted by Gasteiger charge is 2.14. The molecule has 0 unspecified atom stereocenters. The topological polar surface area (TPSA) is 58.6 Å². The fraction of sp³-hybridized carbons (Fsp3) is 0.500. The number of amides is 1. The molecule has 5 heteroatoms. The molecule has 0 aromatic heterocycles. The van der Waals surface area contributed by atoms with Crippen LogP contribution in [0.4, 0.5) is 0 Å². The van der Waals surface area contributed by atoms with E-state index in [-0.39, 0.29) is 12.5 Å². The van der Waals surface area contributed by atoms with Gasteiger partial charge in [-0.15, -0.1) is 0 Å². The fourth-order valence-electron chi connectivity index (χ4n) is 1.94. The molecular formula is C14H19NO3S. The van der Waals surface area contributed by atoms with Crippen molar-refractivity contribution in [2.75, 3.05) is 31.3 Å². The van der Waals surface area contributed by atoms with Gasteiger partial charge in [-0.05, 0) is 35.9 Å². The Morgan fingerprint density at radius 3 is 3.16 bits per heavy atom. The molecule has 1 heterocycles. The molecule has 0 radical (unpaired) electrons. The van der Waals surface area contributed by atoms with Gasteiger partial charge in [0.05, 0.1) is 6.61 Å². The van der Waals surface area contributed by atoms with E-state index in [1.54, 1.807) is 17.8 Å². The minimum atomic E-state index is -0.0301. The normalized spacial score (nSPS) is 12.9. The number of aliphatic hydroxyl groups is 1. The van der Waals surface area contributed by atoms with Crippen molar-refractivity contribution in [2.45, 2.75) is 12.8 Å². The zero-order valence-corrected chi connectivity index (χ0v) is 11.7. The maximum absolute atomic E-state index is 11.9. The van der Waals surface area contributed by atoms with E-state index in [9.17, 15) is 4.79 Å². The van der Waals surface area contributed by atoms with Crippen LogP contribution in [0.2, 0.25) is 0 Å². The standard InChI is InChI=1S/C14H19NO3S/c16-6-1-8-19-9-5-15-14(17)12-2-3-13-11(10-12)4-7-18-13/h2-3,10,16H,1,4-9H2,(H,15,17). The predicted molar refractivity (Wildman–Crippen MR) is 77.0 cm³/mol. The SMILES string of the molecule is O=C(NCCSCCCO)c1ccc2c(c1)CCO2. The van der Waals surface area contributed by atoms with Crippen molar-refractivity contribution < 1.29 is 14.6 Å². The predicted octanol–water partition coefficient (Wildman–Crippen LogP) is 1.47. The van der Waals surface area contributed by atoms with E-state index in [1.807, 2.05) is 12.1 Å². The van der Waals surface area contributed by atoms with Crippen LogP contribution in [-0.2, 0) is 6.42 Å². The molecule has 0 saturated heterocycles. The zero-order chi connectivity index (χ0) is 13.5. The molecule has 0 atom stereocenters. The van der Waals surface area contributed by atoms with Crippen molar-refractivity contribution in [2.24, 2.45) is 0 Å². The van der Waals surface area contributed by atoms with Crippen molar-refractivity contribution in [3.63, 3.8) is 0 Å². The second kappa shape index (κ2) is 7.40. The maximum atomic E-state index is 11.9. The van der Waals surface area contributed by atoms with Gasteiger partial charge in [0.15, 0.2) is 0 Å². The summed E-state index contributed by atoms with van der Waals surface area (Å²) < 4.78 is 5.41. The van der Waals surface area contributed by atoms with Gasteiger partial charge in [-0.3, -0.25) is 4.79 Å². The lowest BCUT2D eigenvalue weighted by atomic mass is 10.1. The largest absolute Gasteiger partial charge is 0.493 e. The molecule has 0 aliphatic carbocycles. The summed E-state index contributed by atoms with van der Waals surface area (Å²) in [6, 6.07) is 5.59. The molecule has 1 aromatic carbocycles. The Morgan fingerprint density at radius 2 is 2.32 bits per heavy atom. The highest BCUT2D eigenvalue weighted by molar-refractivity contribution is 7.99. The van der Waals surface area contributed by atoms with Crippen LogP contribution in [0.25, 0.3) is 0 Å². The first kappa shape index (κ1) is 14.2. The Labute approximate surface area is 117 Å². The number of benzene rings is 1. The smallest absolute Gasteiger partial charge is 0.251 e. The van der Waals surface area contributed by atoms with Crippen molar-refractivity contribution in [1.82, 2.24) is 5.32 Å². The molecule has 0 saturated carbocycles. The van der Waals surface area contributed by atoms with E-state index in [2.05, 4.69) is 5.32 Å². The number of rotatable bonds is 7. The monoisotopic (exact) mass is 281 g/mol. The van der Waals surface area contributed by atoms with Crippen molar-refractivity contribution >= 4 is 17.7 Å². The van der Waals surface area contributed by atoms with Gasteiger partial charge >= 0.3 is 0 Å². The van der Waals surface area contributed by atoms with Crippen molar-refractivity contribution in [3.8, 4) is 5.75 Å². The third kappa shape index (κ3) is 4.14. The highest BCUT2D eigenvalue weighted by Crippen LogP contribution is 2.25. The van der Waals surface area contributed by atoms with Crippen LogP contribution in [0.1, 0.15) is 22.3 Å². The Hall–Kier alpha value is -1.20. The second-order valence-electron chi connectivity index (χ2n) is 4.37. The Bertz CT molecular complexity index is 437. The minimum Gasteiger partial charge on any atom is -0.493 e. The molecule has 1 aliphatic heterocycles. The Morgan fingerprint density at radius 1 is 1.42 bits per heavy atom. The molecule has 2 N–H and O–H groups in total. The quantitative estimate of drug-likeness (QED) is 0.743. The van der Waals surface area contributed by atoms with Gasteiger partial charge in [-0.25, -0.2) is 0 Å². The lowest BCUT2D eigenvalue weighted by Crippen LogP contribution is -2.25. The molecular weight excluding hydrogens is 262 g/mol. The third-order valence-corrected chi connectivity index (χ3v) is 4.00. The van der Waals surface area contributed by atoms with Crippen LogP contribution in [0.15, 0.2) is 18.2 Å². The van der Waals surface area contributed by atoms with Crippen LogP contribution in [0.3, 0.4) is 0 Å². The van der Waals surface area contributed by atoms with Crippen LogP contribution < -0.4 is 10.1 Å². The van der Waals surface area contributed by atoms with Gasteiger partial charge in [-0.2, -0.15) is 11.8 Å². The third-order valence-electron chi connectivity index (χ3n) is 2.93. The van der Waals surface area contributed by atoms with Crippen LogP contribution in [0, 0.1) is 0 Å². The number of aliphatic hydroxyl groups excluding tert-OH is 1. The summed E-state index contributed by atoms with van der Waals surface area (Å²) in [6.07, 6.45) is 1.69. The second-order valence-corrected chi connectivity index (χ2v) is 5.59. The van der Waals surface area contributed by atoms with Gasteiger partial charge in [0.1, 0.15) is 5.75 Å². The summed E-state index contributed by atoms with van der Waals surface area (Å²) in [5.41, 5.74) is 1.81. The van der Waals surface area contributed by atoms with E-state index in [1.165, 1.54) is 0 Å². The molecule has 4 nitrogen and oxygen atoms in total. The van der Waals surface area contributed by atoms with E-state index in [0.29, 0.717) is 18.7 Å². The molecule has 0 fully saturated rings. The summed E-state index contributed by atoms with van der Waals surface area (Å²) in [4.78, 5) is 11.9. The van der Waals surface area contributed by atoms with Crippen LogP contribution in [-0.4, -0.2) is 42.3 Å². The average Bonchev–Trinajstić information content (AvgIpc) is 2.89. The zero-order valence-electron chi connectivity index (χ0n) is 10.9. The highest BCUT2D eigenvalue weighted by atomic mass is 32.2. The number of hydrogen-bond acceptors (Lipinski definition) is 4. The summed E-state index contributed by atoms with van der Waals surface area (Å²) in [6.45, 7) is 1.60. The van der Waals surface area contributed by atoms with Crippen LogP contribution >= 0.6 is 11.8 Å². The summed E-state index contributed by atoms with van der Waals surface area (Å²) in [5, 5.41) is 11.5. The number of ether oxygens (including phenoxy) is 1.